The van der Waals surface area contributed by atoms with Gasteiger partial charge >= 0.3 is 0 Å². The van der Waals surface area contributed by atoms with Crippen molar-refractivity contribution < 1.29 is 9.59 Å². The predicted molar refractivity (Wildman–Crippen MR) is 101 cm³/mol. The number of amides is 2. The number of rotatable bonds is 8. The maximum Gasteiger partial charge on any atom is 0.239 e. The molecule has 5 heteroatoms. The van der Waals surface area contributed by atoms with Crippen molar-refractivity contribution in [3.8, 4) is 0 Å². The number of fused-ring (bicyclic) bond motifs is 1. The van der Waals surface area contributed by atoms with Gasteiger partial charge in [-0.1, -0.05) is 56.3 Å². The minimum Gasteiger partial charge on any atom is -0.351 e. The van der Waals surface area contributed by atoms with Crippen molar-refractivity contribution in [2.45, 2.75) is 32.7 Å². The van der Waals surface area contributed by atoms with E-state index in [4.69, 9.17) is 5.73 Å². The zero-order valence-corrected chi connectivity index (χ0v) is 14.9. The Morgan fingerprint density at radius 3 is 2.48 bits per heavy atom. The van der Waals surface area contributed by atoms with Gasteiger partial charge in [0.05, 0.1) is 13.0 Å². The second-order valence-electron chi connectivity index (χ2n) is 6.72. The van der Waals surface area contributed by atoms with E-state index in [-0.39, 0.29) is 30.8 Å². The van der Waals surface area contributed by atoms with Gasteiger partial charge in [-0.3, -0.25) is 9.59 Å². The summed E-state index contributed by atoms with van der Waals surface area (Å²) in [6.45, 7) is 4.54. The van der Waals surface area contributed by atoms with Gasteiger partial charge in [-0.2, -0.15) is 0 Å². The SMILES string of the molecule is CC(C)CC(CN)NC(=O)CNC(=O)Cc1cccc2ccccc12. The van der Waals surface area contributed by atoms with Gasteiger partial charge in [0, 0.05) is 12.6 Å². The van der Waals surface area contributed by atoms with Crippen LogP contribution in [-0.2, 0) is 16.0 Å². The van der Waals surface area contributed by atoms with E-state index in [0.29, 0.717) is 12.5 Å². The highest BCUT2D eigenvalue weighted by Gasteiger charge is 2.13. The molecule has 0 radical (unpaired) electrons. The van der Waals surface area contributed by atoms with Crippen LogP contribution in [0.2, 0.25) is 0 Å². The maximum atomic E-state index is 12.2. The van der Waals surface area contributed by atoms with E-state index in [1.807, 2.05) is 42.5 Å². The smallest absolute Gasteiger partial charge is 0.239 e. The summed E-state index contributed by atoms with van der Waals surface area (Å²) in [6, 6.07) is 13.8. The highest BCUT2D eigenvalue weighted by Crippen LogP contribution is 2.18. The van der Waals surface area contributed by atoms with Gasteiger partial charge in [0.1, 0.15) is 0 Å². The molecule has 1 atom stereocenters. The summed E-state index contributed by atoms with van der Waals surface area (Å²) < 4.78 is 0. The van der Waals surface area contributed by atoms with Crippen LogP contribution >= 0.6 is 0 Å². The van der Waals surface area contributed by atoms with E-state index in [9.17, 15) is 9.59 Å². The molecular formula is C20H27N3O2. The van der Waals surface area contributed by atoms with Gasteiger partial charge in [0.25, 0.3) is 0 Å². The zero-order valence-electron chi connectivity index (χ0n) is 14.9. The fraction of sp³-hybridized carbons (Fsp3) is 0.400. The van der Waals surface area contributed by atoms with E-state index in [1.54, 1.807) is 0 Å². The lowest BCUT2D eigenvalue weighted by Gasteiger charge is -2.19. The van der Waals surface area contributed by atoms with Crippen molar-refractivity contribution >= 4 is 22.6 Å². The van der Waals surface area contributed by atoms with Crippen molar-refractivity contribution in [2.75, 3.05) is 13.1 Å². The number of carbonyl (C=O) groups is 2. The molecule has 2 aromatic rings. The standard InChI is InChI=1S/C20H27N3O2/c1-14(2)10-17(12-21)23-20(25)13-22-19(24)11-16-8-5-7-15-6-3-4-9-18(15)16/h3-9,14,17H,10-13,21H2,1-2H3,(H,22,24)(H,23,25). The highest BCUT2D eigenvalue weighted by molar-refractivity contribution is 5.91. The average molecular weight is 341 g/mol. The van der Waals surface area contributed by atoms with Gasteiger partial charge < -0.3 is 16.4 Å². The second kappa shape index (κ2) is 9.18. The highest BCUT2D eigenvalue weighted by atomic mass is 16.2. The van der Waals surface area contributed by atoms with Gasteiger partial charge in [-0.25, -0.2) is 0 Å². The van der Waals surface area contributed by atoms with E-state index in [0.717, 1.165) is 22.8 Å². The summed E-state index contributed by atoms with van der Waals surface area (Å²) in [7, 11) is 0. The molecule has 2 aromatic carbocycles. The maximum absolute atomic E-state index is 12.2. The fourth-order valence-electron chi connectivity index (χ4n) is 2.92. The summed E-state index contributed by atoms with van der Waals surface area (Å²) in [5.41, 5.74) is 6.63. The Kier molecular flexibility index (Phi) is 6.95. The molecule has 1 unspecified atom stereocenters. The third kappa shape index (κ3) is 5.87. The fourth-order valence-corrected chi connectivity index (χ4v) is 2.92. The van der Waals surface area contributed by atoms with Gasteiger partial charge in [-0.15, -0.1) is 0 Å². The van der Waals surface area contributed by atoms with Crippen LogP contribution in [0.5, 0.6) is 0 Å². The molecule has 0 spiro atoms. The lowest BCUT2D eigenvalue weighted by atomic mass is 10.0. The Morgan fingerprint density at radius 1 is 1.04 bits per heavy atom. The van der Waals surface area contributed by atoms with Crippen LogP contribution in [0.25, 0.3) is 10.8 Å². The first-order valence-corrected chi connectivity index (χ1v) is 8.72. The zero-order chi connectivity index (χ0) is 18.2. The summed E-state index contributed by atoms with van der Waals surface area (Å²) >= 11 is 0. The van der Waals surface area contributed by atoms with Crippen LogP contribution in [0, 0.1) is 5.92 Å². The molecule has 0 aliphatic carbocycles. The predicted octanol–water partition coefficient (Wildman–Crippen LogP) is 1.99. The number of hydrogen-bond acceptors (Lipinski definition) is 3. The number of nitrogens with two attached hydrogens (primary N) is 1. The summed E-state index contributed by atoms with van der Waals surface area (Å²) in [5, 5.41) is 7.72. The average Bonchev–Trinajstić information content (AvgIpc) is 2.59. The number of benzene rings is 2. The normalized spacial score (nSPS) is 12.2. The Balaban J connectivity index is 1.87. The van der Waals surface area contributed by atoms with Crippen molar-refractivity contribution in [3.05, 3.63) is 48.0 Å². The Morgan fingerprint density at radius 2 is 1.76 bits per heavy atom. The van der Waals surface area contributed by atoms with E-state index in [2.05, 4.69) is 24.5 Å². The molecule has 134 valence electrons. The lowest BCUT2D eigenvalue weighted by Crippen LogP contribution is -2.45. The molecule has 0 saturated heterocycles. The summed E-state index contributed by atoms with van der Waals surface area (Å²) in [4.78, 5) is 24.2. The van der Waals surface area contributed by atoms with Gasteiger partial charge in [0.15, 0.2) is 0 Å². The molecule has 0 fully saturated rings. The Hall–Kier alpha value is -2.40. The van der Waals surface area contributed by atoms with Gasteiger partial charge in [-0.05, 0) is 28.7 Å². The molecule has 2 rings (SSSR count). The lowest BCUT2D eigenvalue weighted by molar-refractivity contribution is -0.126. The number of nitrogens with one attached hydrogen (secondary N) is 2. The number of carbonyl (C=O) groups excluding carboxylic acids is 2. The van der Waals surface area contributed by atoms with Crippen LogP contribution in [0.3, 0.4) is 0 Å². The van der Waals surface area contributed by atoms with E-state index in [1.165, 1.54) is 0 Å². The third-order valence-corrected chi connectivity index (χ3v) is 4.08. The molecular weight excluding hydrogens is 314 g/mol. The van der Waals surface area contributed by atoms with Gasteiger partial charge in [0.2, 0.25) is 11.8 Å². The molecule has 5 nitrogen and oxygen atoms in total. The molecule has 0 aliphatic heterocycles. The monoisotopic (exact) mass is 341 g/mol. The first-order chi connectivity index (χ1) is 12.0. The minimum atomic E-state index is -0.206. The summed E-state index contributed by atoms with van der Waals surface area (Å²) in [6.07, 6.45) is 1.08. The molecule has 0 bridgehead atoms. The van der Waals surface area contributed by atoms with E-state index < -0.39 is 0 Å². The quantitative estimate of drug-likeness (QED) is 0.686. The van der Waals surface area contributed by atoms with E-state index >= 15 is 0 Å². The molecule has 4 N–H and O–H groups in total. The molecule has 0 heterocycles. The number of hydrogen-bond donors (Lipinski definition) is 3. The molecule has 0 aliphatic rings. The van der Waals surface area contributed by atoms with Crippen molar-refractivity contribution in [3.63, 3.8) is 0 Å². The first-order valence-electron chi connectivity index (χ1n) is 8.72. The Bertz CT molecular complexity index is 722. The topological polar surface area (TPSA) is 84.2 Å². The van der Waals surface area contributed by atoms with Crippen LogP contribution in [0.1, 0.15) is 25.8 Å². The van der Waals surface area contributed by atoms with Crippen LogP contribution < -0.4 is 16.4 Å². The van der Waals surface area contributed by atoms with Crippen molar-refractivity contribution in [1.82, 2.24) is 10.6 Å². The molecule has 0 aromatic heterocycles. The molecule has 2 amide bonds. The molecule has 0 saturated carbocycles. The van der Waals surface area contributed by atoms with Crippen LogP contribution in [0.15, 0.2) is 42.5 Å². The van der Waals surface area contributed by atoms with Crippen molar-refractivity contribution in [2.24, 2.45) is 11.7 Å². The Labute approximate surface area is 149 Å². The third-order valence-electron chi connectivity index (χ3n) is 4.08. The minimum absolute atomic E-state index is 0.0296. The first kappa shape index (κ1) is 18.9. The van der Waals surface area contributed by atoms with Crippen molar-refractivity contribution in [1.29, 1.82) is 0 Å². The largest absolute Gasteiger partial charge is 0.351 e. The molecule has 25 heavy (non-hydrogen) atoms. The summed E-state index contributed by atoms with van der Waals surface area (Å²) in [5.74, 6) is 0.0804. The second-order valence-corrected chi connectivity index (χ2v) is 6.72. The van der Waals surface area contributed by atoms with Crippen LogP contribution in [-0.4, -0.2) is 30.9 Å². The van der Waals surface area contributed by atoms with Crippen LogP contribution in [0.4, 0.5) is 0 Å².